The third-order valence-corrected chi connectivity index (χ3v) is 3.48. The van der Waals surface area contributed by atoms with Crippen molar-refractivity contribution < 1.29 is 14.7 Å². The predicted molar refractivity (Wildman–Crippen MR) is 80.7 cm³/mol. The summed E-state index contributed by atoms with van der Waals surface area (Å²) in [5.74, 6) is 0.0889. The van der Waals surface area contributed by atoms with E-state index in [2.05, 4.69) is 5.32 Å². The first kappa shape index (κ1) is 20.9. The summed E-state index contributed by atoms with van der Waals surface area (Å²) in [5, 5.41) is 11.4. The SMILES string of the molecule is CSCC[C@H](NC(=O)[C@@H](N)CCSC)C(=O)O.[NaH]. The molecular formula is C10H21N2NaO3S2. The van der Waals surface area contributed by atoms with Crippen molar-refractivity contribution in [2.24, 2.45) is 5.73 Å². The number of hydrogen-bond donors (Lipinski definition) is 3. The van der Waals surface area contributed by atoms with Crippen molar-refractivity contribution in [3.63, 3.8) is 0 Å². The Bertz CT molecular complexity index is 257. The van der Waals surface area contributed by atoms with Gasteiger partial charge >= 0.3 is 35.5 Å². The van der Waals surface area contributed by atoms with E-state index in [0.717, 1.165) is 5.75 Å². The van der Waals surface area contributed by atoms with E-state index < -0.39 is 18.1 Å². The van der Waals surface area contributed by atoms with Crippen molar-refractivity contribution in [3.8, 4) is 0 Å². The molecule has 0 spiro atoms. The minimum atomic E-state index is -1.01. The molecule has 0 saturated heterocycles. The Morgan fingerprint density at radius 2 is 1.72 bits per heavy atom. The molecule has 102 valence electrons. The van der Waals surface area contributed by atoms with Crippen LogP contribution in [0.15, 0.2) is 0 Å². The van der Waals surface area contributed by atoms with Crippen LogP contribution in [0.3, 0.4) is 0 Å². The van der Waals surface area contributed by atoms with Crippen molar-refractivity contribution in [2.45, 2.75) is 24.9 Å². The van der Waals surface area contributed by atoms with Gasteiger partial charge < -0.3 is 16.2 Å². The molecule has 0 bridgehead atoms. The molecule has 0 aromatic rings. The van der Waals surface area contributed by atoms with Crippen LogP contribution in [-0.4, -0.2) is 82.6 Å². The number of nitrogens with one attached hydrogen (secondary N) is 1. The molecule has 4 N–H and O–H groups in total. The van der Waals surface area contributed by atoms with E-state index in [4.69, 9.17) is 10.8 Å². The van der Waals surface area contributed by atoms with Crippen LogP contribution in [0.5, 0.6) is 0 Å². The monoisotopic (exact) mass is 304 g/mol. The van der Waals surface area contributed by atoms with E-state index in [1.54, 1.807) is 23.5 Å². The topological polar surface area (TPSA) is 92.4 Å². The Morgan fingerprint density at radius 1 is 1.22 bits per heavy atom. The number of carbonyl (C=O) groups excluding carboxylic acids is 1. The van der Waals surface area contributed by atoms with E-state index >= 15 is 0 Å². The fourth-order valence-electron chi connectivity index (χ4n) is 1.15. The molecule has 18 heavy (non-hydrogen) atoms. The zero-order valence-corrected chi connectivity index (χ0v) is 11.8. The quantitative estimate of drug-likeness (QED) is 0.508. The van der Waals surface area contributed by atoms with Crippen LogP contribution in [-0.2, 0) is 9.59 Å². The van der Waals surface area contributed by atoms with Gasteiger partial charge in [0.1, 0.15) is 6.04 Å². The van der Waals surface area contributed by atoms with Gasteiger partial charge in [-0.15, -0.1) is 0 Å². The molecule has 2 atom stereocenters. The Balaban J connectivity index is 0. The van der Waals surface area contributed by atoms with E-state index in [9.17, 15) is 9.59 Å². The molecule has 0 rings (SSSR count). The first-order chi connectivity index (χ1) is 8.02. The molecule has 0 saturated carbocycles. The summed E-state index contributed by atoms with van der Waals surface area (Å²) in [5.41, 5.74) is 5.66. The summed E-state index contributed by atoms with van der Waals surface area (Å²) in [4.78, 5) is 22.5. The Labute approximate surface area is 139 Å². The van der Waals surface area contributed by atoms with Gasteiger partial charge in [0.15, 0.2) is 0 Å². The van der Waals surface area contributed by atoms with Crippen LogP contribution in [0.25, 0.3) is 0 Å². The molecule has 0 unspecified atom stereocenters. The van der Waals surface area contributed by atoms with Crippen LogP contribution in [0.2, 0.25) is 0 Å². The number of nitrogens with two attached hydrogens (primary N) is 1. The number of carboxylic acids is 1. The number of hydrogen-bond acceptors (Lipinski definition) is 5. The summed E-state index contributed by atoms with van der Waals surface area (Å²) >= 11 is 3.15. The number of amides is 1. The van der Waals surface area contributed by atoms with Crippen LogP contribution in [0.1, 0.15) is 12.8 Å². The maximum absolute atomic E-state index is 11.6. The third-order valence-electron chi connectivity index (χ3n) is 2.19. The van der Waals surface area contributed by atoms with Crippen LogP contribution in [0.4, 0.5) is 0 Å². The fourth-order valence-corrected chi connectivity index (χ4v) is 2.11. The zero-order chi connectivity index (χ0) is 13.3. The molecule has 0 aliphatic rings. The molecule has 1 amide bonds. The Kier molecular flexibility index (Phi) is 14.7. The second-order valence-corrected chi connectivity index (χ2v) is 5.54. The van der Waals surface area contributed by atoms with E-state index in [1.807, 2.05) is 12.5 Å². The molecule has 0 heterocycles. The van der Waals surface area contributed by atoms with Gasteiger partial charge in [-0.1, -0.05) is 0 Å². The Morgan fingerprint density at radius 3 is 2.17 bits per heavy atom. The van der Waals surface area contributed by atoms with Crippen molar-refractivity contribution in [3.05, 3.63) is 0 Å². The number of carboxylic acid groups (broad SMARTS) is 1. The van der Waals surface area contributed by atoms with Crippen molar-refractivity contribution in [1.82, 2.24) is 5.32 Å². The first-order valence-electron chi connectivity index (χ1n) is 5.29. The number of aliphatic carboxylic acids is 1. The molecule has 0 aromatic carbocycles. The minimum absolute atomic E-state index is 0. The van der Waals surface area contributed by atoms with Crippen LogP contribution in [0, 0.1) is 0 Å². The van der Waals surface area contributed by atoms with Gasteiger partial charge in [0.2, 0.25) is 5.91 Å². The molecule has 0 aliphatic carbocycles. The van der Waals surface area contributed by atoms with Crippen molar-refractivity contribution in [1.29, 1.82) is 0 Å². The fraction of sp³-hybridized carbons (Fsp3) is 0.800. The van der Waals surface area contributed by atoms with Gasteiger partial charge in [-0.25, -0.2) is 4.79 Å². The van der Waals surface area contributed by atoms with Crippen LogP contribution < -0.4 is 11.1 Å². The summed E-state index contributed by atoms with van der Waals surface area (Å²) in [6.07, 6.45) is 4.80. The van der Waals surface area contributed by atoms with E-state index in [-0.39, 0.29) is 35.5 Å². The number of carbonyl (C=O) groups is 2. The molecular weight excluding hydrogens is 283 g/mol. The van der Waals surface area contributed by atoms with Gasteiger partial charge in [0.25, 0.3) is 0 Å². The predicted octanol–water partition coefficient (Wildman–Crippen LogP) is -0.259. The van der Waals surface area contributed by atoms with Crippen molar-refractivity contribution >= 4 is 65.0 Å². The second kappa shape index (κ2) is 12.6. The summed E-state index contributed by atoms with van der Waals surface area (Å²) < 4.78 is 0. The van der Waals surface area contributed by atoms with Gasteiger partial charge in [0.05, 0.1) is 6.04 Å². The van der Waals surface area contributed by atoms with Crippen LogP contribution >= 0.6 is 23.5 Å². The molecule has 0 aromatic heterocycles. The standard InChI is InChI=1S/C10H20N2O3S2.Na.H/c1-16-5-3-7(11)9(13)12-8(10(14)15)4-6-17-2;;/h7-8H,3-6,11H2,1-2H3,(H,12,13)(H,14,15);;/t7-,8-;;/m0../s1. The van der Waals surface area contributed by atoms with Gasteiger partial charge in [-0.05, 0) is 36.9 Å². The van der Waals surface area contributed by atoms with Gasteiger partial charge in [-0.2, -0.15) is 23.5 Å². The Hall–Kier alpha value is 0.600. The summed E-state index contributed by atoms with van der Waals surface area (Å²) in [6, 6.07) is -1.46. The van der Waals surface area contributed by atoms with Crippen molar-refractivity contribution in [2.75, 3.05) is 24.0 Å². The average molecular weight is 304 g/mol. The van der Waals surface area contributed by atoms with Gasteiger partial charge in [0, 0.05) is 0 Å². The molecule has 0 aliphatic heterocycles. The van der Waals surface area contributed by atoms with E-state index in [1.165, 1.54) is 0 Å². The second-order valence-electron chi connectivity index (χ2n) is 3.57. The zero-order valence-electron chi connectivity index (χ0n) is 10.1. The summed E-state index contributed by atoms with van der Waals surface area (Å²) in [6.45, 7) is 0. The number of rotatable bonds is 9. The molecule has 0 fully saturated rings. The molecule has 8 heteroatoms. The van der Waals surface area contributed by atoms with Gasteiger partial charge in [-0.3, -0.25) is 4.79 Å². The summed E-state index contributed by atoms with van der Waals surface area (Å²) in [7, 11) is 0. The maximum atomic E-state index is 11.6. The normalized spacial score (nSPS) is 13.3. The third kappa shape index (κ3) is 9.52. The first-order valence-corrected chi connectivity index (χ1v) is 8.08. The molecule has 0 radical (unpaired) electrons. The van der Waals surface area contributed by atoms with E-state index in [0.29, 0.717) is 18.6 Å². The number of thioether (sulfide) groups is 2. The average Bonchev–Trinajstić information content (AvgIpc) is 2.30. The molecule has 5 nitrogen and oxygen atoms in total.